The number of halogens is 4. The minimum absolute atomic E-state index is 0.508. The van der Waals surface area contributed by atoms with Crippen LogP contribution in [0.3, 0.4) is 0 Å². The second-order valence-corrected chi connectivity index (χ2v) is 4.87. The van der Waals surface area contributed by atoms with E-state index >= 15 is 0 Å². The van der Waals surface area contributed by atoms with Crippen LogP contribution in [0.5, 0.6) is 0 Å². The molecule has 0 N–H and O–H groups in total. The summed E-state index contributed by atoms with van der Waals surface area (Å²) < 4.78 is 3.08. The number of benzene rings is 1. The van der Waals surface area contributed by atoms with Gasteiger partial charge in [0.1, 0.15) is 0 Å². The zero-order valence-corrected chi connectivity index (χ0v) is 10.9. The highest BCUT2D eigenvalue weighted by atomic mass is 79.9. The first-order valence-corrected chi connectivity index (χ1v) is 5.76. The Kier molecular flexibility index (Phi) is 3.89. The maximum absolute atomic E-state index is 5.71. The van der Waals surface area contributed by atoms with Crippen LogP contribution in [0.25, 0.3) is 0 Å². The molecule has 0 spiro atoms. The monoisotopic (exact) mass is 360 g/mol. The summed E-state index contributed by atoms with van der Waals surface area (Å²) >= 11 is 15.9. The lowest BCUT2D eigenvalue weighted by Crippen LogP contribution is -1.82. The highest BCUT2D eigenvalue weighted by Gasteiger charge is 2.04. The van der Waals surface area contributed by atoms with E-state index in [1.54, 1.807) is 0 Å². The molecule has 1 aromatic carbocycles. The molecule has 0 unspecified atom stereocenters. The highest BCUT2D eigenvalue weighted by molar-refractivity contribution is 9.11. The first-order valence-electron chi connectivity index (χ1n) is 2.84. The predicted octanol–water partition coefficient (Wildman–Crippen LogP) is 4.71. The molecule has 0 nitrogen and oxygen atoms in total. The van der Waals surface area contributed by atoms with Crippen molar-refractivity contribution in [2.75, 3.05) is 0 Å². The van der Waals surface area contributed by atoms with Crippen molar-refractivity contribution in [2.24, 2.45) is 0 Å². The van der Waals surface area contributed by atoms with Crippen LogP contribution in [0.15, 0.2) is 25.6 Å². The topological polar surface area (TPSA) is 0 Å². The molecule has 0 heterocycles. The lowest BCUT2D eigenvalue weighted by molar-refractivity contribution is 1.33. The van der Waals surface area contributed by atoms with E-state index in [-0.39, 0.29) is 0 Å². The second kappa shape index (κ2) is 4.26. The van der Waals surface area contributed by atoms with Crippen molar-refractivity contribution >= 4 is 59.4 Å². The van der Waals surface area contributed by atoms with Crippen LogP contribution in [0, 0.1) is 0 Å². The van der Waals surface area contributed by atoms with E-state index in [2.05, 4.69) is 47.8 Å². The van der Waals surface area contributed by atoms with Crippen molar-refractivity contribution in [3.8, 4) is 0 Å². The Morgan fingerprint density at radius 3 is 1.91 bits per heavy atom. The Labute approximate surface area is 95.7 Å². The summed E-state index contributed by atoms with van der Waals surface area (Å²) in [5.41, 5.74) is 1.08. The average Bonchev–Trinajstić information content (AvgIpc) is 1.85. The number of rotatable bonds is 1. The molecule has 0 atom stereocenters. The molecule has 0 amide bonds. The standard InChI is InChI=1S/C7H4Br3Cl/c8-4-1-6(9)5(3-11)7(10)2-4/h1-2H,3H2. The van der Waals surface area contributed by atoms with Gasteiger partial charge in [-0.3, -0.25) is 0 Å². The zero-order chi connectivity index (χ0) is 8.43. The molecule has 0 radical (unpaired) electrons. The fraction of sp³-hybridized carbons (Fsp3) is 0.143. The van der Waals surface area contributed by atoms with Gasteiger partial charge in [0.25, 0.3) is 0 Å². The fourth-order valence-corrected chi connectivity index (χ4v) is 3.85. The van der Waals surface area contributed by atoms with Gasteiger partial charge in [0.15, 0.2) is 0 Å². The number of alkyl halides is 1. The third kappa shape index (κ3) is 2.44. The van der Waals surface area contributed by atoms with E-state index in [1.807, 2.05) is 12.1 Å². The molecular formula is C7H4Br3Cl. The van der Waals surface area contributed by atoms with Crippen LogP contribution in [-0.4, -0.2) is 0 Å². The van der Waals surface area contributed by atoms with Crippen molar-refractivity contribution < 1.29 is 0 Å². The minimum Gasteiger partial charge on any atom is -0.121 e. The van der Waals surface area contributed by atoms with Gasteiger partial charge >= 0.3 is 0 Å². The van der Waals surface area contributed by atoms with Crippen LogP contribution >= 0.6 is 59.4 Å². The fourth-order valence-electron chi connectivity index (χ4n) is 0.700. The lowest BCUT2D eigenvalue weighted by Gasteiger charge is -2.03. The van der Waals surface area contributed by atoms with Gasteiger partial charge < -0.3 is 0 Å². The maximum atomic E-state index is 5.71. The van der Waals surface area contributed by atoms with Crippen LogP contribution in [0.1, 0.15) is 5.56 Å². The lowest BCUT2D eigenvalue weighted by atomic mass is 10.2. The third-order valence-corrected chi connectivity index (χ3v) is 3.38. The van der Waals surface area contributed by atoms with E-state index in [1.165, 1.54) is 0 Å². The Balaban J connectivity index is 3.25. The molecule has 0 bridgehead atoms. The van der Waals surface area contributed by atoms with Crippen molar-refractivity contribution in [1.29, 1.82) is 0 Å². The molecular weight excluding hydrogens is 359 g/mol. The van der Waals surface area contributed by atoms with Gasteiger partial charge in [-0.05, 0) is 17.7 Å². The molecule has 1 rings (SSSR count). The Bertz CT molecular complexity index is 249. The second-order valence-electron chi connectivity index (χ2n) is 1.98. The average molecular weight is 363 g/mol. The SMILES string of the molecule is ClCc1c(Br)cc(Br)cc1Br. The number of hydrogen-bond donors (Lipinski definition) is 0. The summed E-state index contributed by atoms with van der Waals surface area (Å²) in [5, 5.41) is 0. The largest absolute Gasteiger partial charge is 0.121 e. The van der Waals surface area contributed by atoms with Crippen LogP contribution < -0.4 is 0 Å². The van der Waals surface area contributed by atoms with Gasteiger partial charge in [-0.25, -0.2) is 0 Å². The van der Waals surface area contributed by atoms with Gasteiger partial charge in [0.05, 0.1) is 0 Å². The van der Waals surface area contributed by atoms with Crippen LogP contribution in [-0.2, 0) is 5.88 Å². The summed E-state index contributed by atoms with van der Waals surface area (Å²) in [4.78, 5) is 0. The van der Waals surface area contributed by atoms with Gasteiger partial charge in [0, 0.05) is 19.3 Å². The summed E-state index contributed by atoms with van der Waals surface area (Å²) in [5.74, 6) is 0.508. The van der Waals surface area contributed by atoms with Crippen molar-refractivity contribution in [2.45, 2.75) is 5.88 Å². The number of hydrogen-bond acceptors (Lipinski definition) is 0. The quantitative estimate of drug-likeness (QED) is 0.634. The molecule has 0 aliphatic rings. The zero-order valence-electron chi connectivity index (χ0n) is 5.37. The summed E-state index contributed by atoms with van der Waals surface area (Å²) in [6, 6.07) is 3.95. The molecule has 4 heteroatoms. The van der Waals surface area contributed by atoms with Crippen LogP contribution in [0.4, 0.5) is 0 Å². The Hall–Kier alpha value is 0.950. The molecule has 0 aliphatic carbocycles. The third-order valence-electron chi connectivity index (χ3n) is 1.24. The molecule has 0 saturated carbocycles. The normalized spacial score (nSPS) is 10.2. The van der Waals surface area contributed by atoms with Crippen LogP contribution in [0.2, 0.25) is 0 Å². The Morgan fingerprint density at radius 2 is 1.55 bits per heavy atom. The van der Waals surface area contributed by atoms with Crippen molar-refractivity contribution in [1.82, 2.24) is 0 Å². The minimum atomic E-state index is 0.508. The van der Waals surface area contributed by atoms with E-state index in [9.17, 15) is 0 Å². The first-order chi connectivity index (χ1) is 5.15. The Morgan fingerprint density at radius 1 is 1.09 bits per heavy atom. The van der Waals surface area contributed by atoms with E-state index in [4.69, 9.17) is 11.6 Å². The molecule has 0 saturated heterocycles. The predicted molar refractivity (Wildman–Crippen MR) is 59.1 cm³/mol. The van der Waals surface area contributed by atoms with Gasteiger partial charge in [-0.1, -0.05) is 47.8 Å². The molecule has 0 aromatic heterocycles. The first kappa shape index (κ1) is 10.0. The van der Waals surface area contributed by atoms with Gasteiger partial charge in [-0.2, -0.15) is 0 Å². The maximum Gasteiger partial charge on any atom is 0.0496 e. The van der Waals surface area contributed by atoms with E-state index in [0.717, 1.165) is 19.0 Å². The molecule has 0 fully saturated rings. The smallest absolute Gasteiger partial charge is 0.0496 e. The molecule has 0 aliphatic heterocycles. The summed E-state index contributed by atoms with van der Waals surface area (Å²) in [6.45, 7) is 0. The summed E-state index contributed by atoms with van der Waals surface area (Å²) in [6.07, 6.45) is 0. The summed E-state index contributed by atoms with van der Waals surface area (Å²) in [7, 11) is 0. The molecule has 60 valence electrons. The van der Waals surface area contributed by atoms with Gasteiger partial charge in [0.2, 0.25) is 0 Å². The highest BCUT2D eigenvalue weighted by Crippen LogP contribution is 2.30. The van der Waals surface area contributed by atoms with Gasteiger partial charge in [-0.15, -0.1) is 11.6 Å². The van der Waals surface area contributed by atoms with Crippen molar-refractivity contribution in [3.05, 3.63) is 31.1 Å². The van der Waals surface area contributed by atoms with E-state index < -0.39 is 0 Å². The molecule has 11 heavy (non-hydrogen) atoms. The van der Waals surface area contributed by atoms with Crippen molar-refractivity contribution in [3.63, 3.8) is 0 Å². The van der Waals surface area contributed by atoms with E-state index in [0.29, 0.717) is 5.88 Å². The molecule has 1 aromatic rings.